The Labute approximate surface area is 121 Å². The molecule has 4 N–H and O–H groups in total. The molecule has 0 aromatic heterocycles. The van der Waals surface area contributed by atoms with Crippen LogP contribution in [0.2, 0.25) is 0 Å². The predicted molar refractivity (Wildman–Crippen MR) is 73.0 cm³/mol. The summed E-state index contributed by atoms with van der Waals surface area (Å²) >= 11 is 0. The number of ether oxygens (including phenoxy) is 1. The second-order valence-electron chi connectivity index (χ2n) is 4.70. The fourth-order valence-corrected chi connectivity index (χ4v) is 3.79. The molecule has 0 bridgehead atoms. The van der Waals surface area contributed by atoms with Gasteiger partial charge in [-0.25, -0.2) is 13.2 Å². The summed E-state index contributed by atoms with van der Waals surface area (Å²) < 4.78 is 30.6. The van der Waals surface area contributed by atoms with E-state index in [9.17, 15) is 23.4 Å². The SMILES string of the molecule is COC(=O)c1ccc(N)cc1S(=O)(=O)N1CC(O)C(O)C1. The van der Waals surface area contributed by atoms with Gasteiger partial charge in [-0.2, -0.15) is 4.31 Å². The number of aliphatic hydroxyl groups is 2. The number of carbonyl (C=O) groups is 1. The van der Waals surface area contributed by atoms with Gasteiger partial charge in [0.2, 0.25) is 10.0 Å². The van der Waals surface area contributed by atoms with Gasteiger partial charge in [-0.15, -0.1) is 0 Å². The fourth-order valence-electron chi connectivity index (χ4n) is 2.10. The quantitative estimate of drug-likeness (QED) is 0.471. The average Bonchev–Trinajstić information content (AvgIpc) is 2.78. The van der Waals surface area contributed by atoms with Crippen LogP contribution in [0, 0.1) is 0 Å². The molecule has 0 spiro atoms. The smallest absolute Gasteiger partial charge is 0.339 e. The highest BCUT2D eigenvalue weighted by atomic mass is 32.2. The first-order chi connectivity index (χ1) is 9.77. The molecule has 0 amide bonds. The van der Waals surface area contributed by atoms with E-state index in [-0.39, 0.29) is 29.2 Å². The van der Waals surface area contributed by atoms with E-state index in [1.54, 1.807) is 0 Å². The van der Waals surface area contributed by atoms with Gasteiger partial charge >= 0.3 is 5.97 Å². The number of anilines is 1. The zero-order valence-corrected chi connectivity index (χ0v) is 12.1. The van der Waals surface area contributed by atoms with Gasteiger partial charge in [-0.3, -0.25) is 0 Å². The zero-order valence-electron chi connectivity index (χ0n) is 11.3. The highest BCUT2D eigenvalue weighted by molar-refractivity contribution is 7.89. The number of esters is 1. The molecule has 9 heteroatoms. The summed E-state index contributed by atoms with van der Waals surface area (Å²) in [6, 6.07) is 3.80. The van der Waals surface area contributed by atoms with Crippen molar-refractivity contribution in [2.75, 3.05) is 25.9 Å². The summed E-state index contributed by atoms with van der Waals surface area (Å²) in [4.78, 5) is 11.4. The van der Waals surface area contributed by atoms with Crippen LogP contribution in [-0.2, 0) is 14.8 Å². The van der Waals surface area contributed by atoms with E-state index in [4.69, 9.17) is 5.73 Å². The summed E-state index contributed by atoms with van der Waals surface area (Å²) in [6.07, 6.45) is -2.33. The molecule has 1 aliphatic heterocycles. The molecule has 8 nitrogen and oxygen atoms in total. The van der Waals surface area contributed by atoms with Gasteiger partial charge in [0, 0.05) is 18.8 Å². The number of nitrogens with zero attached hydrogens (tertiary/aromatic N) is 1. The maximum Gasteiger partial charge on any atom is 0.339 e. The largest absolute Gasteiger partial charge is 0.465 e. The van der Waals surface area contributed by atoms with Crippen LogP contribution in [0.15, 0.2) is 23.1 Å². The Morgan fingerprint density at radius 3 is 2.43 bits per heavy atom. The number of nitrogen functional groups attached to an aromatic ring is 1. The molecule has 0 radical (unpaired) electrons. The van der Waals surface area contributed by atoms with Crippen molar-refractivity contribution in [3.05, 3.63) is 23.8 Å². The van der Waals surface area contributed by atoms with Crippen LogP contribution < -0.4 is 5.73 Å². The van der Waals surface area contributed by atoms with Crippen molar-refractivity contribution in [2.45, 2.75) is 17.1 Å². The van der Waals surface area contributed by atoms with Gasteiger partial charge in [-0.05, 0) is 18.2 Å². The number of rotatable bonds is 3. The van der Waals surface area contributed by atoms with Crippen molar-refractivity contribution in [3.63, 3.8) is 0 Å². The lowest BCUT2D eigenvalue weighted by Crippen LogP contribution is -2.31. The Bertz CT molecular complexity index is 650. The minimum Gasteiger partial charge on any atom is -0.465 e. The van der Waals surface area contributed by atoms with Crippen molar-refractivity contribution >= 4 is 21.7 Å². The standard InChI is InChI=1S/C12H16N2O6S/c1-20-12(17)8-3-2-7(13)4-11(8)21(18,19)14-5-9(15)10(16)6-14/h2-4,9-10,15-16H,5-6,13H2,1H3. The molecule has 1 heterocycles. The molecule has 116 valence electrons. The van der Waals surface area contributed by atoms with Gasteiger partial charge in [0.1, 0.15) is 0 Å². The minimum atomic E-state index is -4.08. The van der Waals surface area contributed by atoms with Crippen molar-refractivity contribution in [1.29, 1.82) is 0 Å². The highest BCUT2D eigenvalue weighted by Gasteiger charge is 2.39. The zero-order chi connectivity index (χ0) is 15.8. The van der Waals surface area contributed by atoms with Crippen molar-refractivity contribution in [3.8, 4) is 0 Å². The molecule has 0 saturated carbocycles. The third-order valence-electron chi connectivity index (χ3n) is 3.25. The summed E-state index contributed by atoms with van der Waals surface area (Å²) in [5, 5.41) is 19.0. The van der Waals surface area contributed by atoms with Crippen molar-refractivity contribution < 1.29 is 28.2 Å². The van der Waals surface area contributed by atoms with Crippen LogP contribution in [0.3, 0.4) is 0 Å². The lowest BCUT2D eigenvalue weighted by atomic mass is 10.2. The number of β-amino-alcohol motifs (C(OH)–C–C–N with tert-alkyl or cyclic N) is 2. The molecular formula is C12H16N2O6S. The van der Waals surface area contributed by atoms with Crippen molar-refractivity contribution in [1.82, 2.24) is 4.31 Å². The third-order valence-corrected chi connectivity index (χ3v) is 5.13. The summed E-state index contributed by atoms with van der Waals surface area (Å²) in [5.74, 6) is -0.811. The normalized spacial score (nSPS) is 23.2. The number of aliphatic hydroxyl groups excluding tert-OH is 2. The monoisotopic (exact) mass is 316 g/mol. The van der Waals surface area contributed by atoms with E-state index < -0.39 is 28.2 Å². The Morgan fingerprint density at radius 1 is 1.33 bits per heavy atom. The maximum absolute atomic E-state index is 12.6. The summed E-state index contributed by atoms with van der Waals surface area (Å²) in [5.41, 5.74) is 5.60. The Hall–Kier alpha value is -1.68. The number of methoxy groups -OCH3 is 1. The second kappa shape index (κ2) is 5.60. The molecule has 2 atom stereocenters. The van der Waals surface area contributed by atoms with E-state index in [0.29, 0.717) is 0 Å². The lowest BCUT2D eigenvalue weighted by Gasteiger charge is -2.17. The van der Waals surface area contributed by atoms with E-state index in [0.717, 1.165) is 17.5 Å². The molecule has 21 heavy (non-hydrogen) atoms. The molecule has 1 fully saturated rings. The van der Waals surface area contributed by atoms with Crippen LogP contribution >= 0.6 is 0 Å². The molecule has 2 unspecified atom stereocenters. The van der Waals surface area contributed by atoms with E-state index in [1.165, 1.54) is 12.1 Å². The van der Waals surface area contributed by atoms with Crippen LogP contribution in [0.1, 0.15) is 10.4 Å². The lowest BCUT2D eigenvalue weighted by molar-refractivity contribution is 0.0572. The van der Waals surface area contributed by atoms with E-state index >= 15 is 0 Å². The second-order valence-corrected chi connectivity index (χ2v) is 6.61. The minimum absolute atomic E-state index is 0.150. The van der Waals surface area contributed by atoms with Crippen molar-refractivity contribution in [2.24, 2.45) is 0 Å². The van der Waals surface area contributed by atoms with Gasteiger partial charge in [0.25, 0.3) is 0 Å². The first-order valence-corrected chi connectivity index (χ1v) is 7.55. The number of sulfonamides is 1. The average molecular weight is 316 g/mol. The number of carbonyl (C=O) groups excluding carboxylic acids is 1. The van der Waals surface area contributed by atoms with Gasteiger partial charge in [-0.1, -0.05) is 0 Å². The molecule has 1 saturated heterocycles. The maximum atomic E-state index is 12.6. The van der Waals surface area contributed by atoms with Crippen LogP contribution in [0.4, 0.5) is 5.69 Å². The summed E-state index contributed by atoms with van der Waals surface area (Å²) in [7, 11) is -2.94. The van der Waals surface area contributed by atoms with Gasteiger partial charge in [0.15, 0.2) is 0 Å². The van der Waals surface area contributed by atoms with Gasteiger partial charge in [0.05, 0.1) is 29.8 Å². The molecule has 0 aliphatic carbocycles. The van der Waals surface area contributed by atoms with E-state index in [1.807, 2.05) is 0 Å². The third kappa shape index (κ3) is 2.86. The molecule has 1 aromatic rings. The molecular weight excluding hydrogens is 300 g/mol. The number of nitrogens with two attached hydrogens (primary N) is 1. The number of benzene rings is 1. The molecule has 1 aliphatic rings. The first-order valence-electron chi connectivity index (χ1n) is 6.11. The topological polar surface area (TPSA) is 130 Å². The first kappa shape index (κ1) is 15.7. The number of hydrogen-bond donors (Lipinski definition) is 3. The highest BCUT2D eigenvalue weighted by Crippen LogP contribution is 2.26. The van der Waals surface area contributed by atoms with Crippen LogP contribution in [-0.4, -0.2) is 61.3 Å². The Balaban J connectivity index is 2.49. The summed E-state index contributed by atoms with van der Waals surface area (Å²) in [6.45, 7) is -0.502. The van der Waals surface area contributed by atoms with Crippen LogP contribution in [0.25, 0.3) is 0 Å². The molecule has 2 rings (SSSR count). The van der Waals surface area contributed by atoms with E-state index in [2.05, 4.69) is 4.74 Å². The van der Waals surface area contributed by atoms with Gasteiger partial charge < -0.3 is 20.7 Å². The Kier molecular flexibility index (Phi) is 4.19. The Morgan fingerprint density at radius 2 is 1.90 bits per heavy atom. The van der Waals surface area contributed by atoms with Crippen LogP contribution in [0.5, 0.6) is 0 Å². The molecule has 1 aromatic carbocycles. The predicted octanol–water partition coefficient (Wildman–Crippen LogP) is -1.22. The fraction of sp³-hybridized carbons (Fsp3) is 0.417. The number of hydrogen-bond acceptors (Lipinski definition) is 7.